The van der Waals surface area contributed by atoms with Crippen molar-refractivity contribution >= 4 is 35.0 Å². The number of carbonyl (C=O) groups is 4. The molecule has 0 aliphatic carbocycles. The van der Waals surface area contributed by atoms with Gasteiger partial charge in [-0.3, -0.25) is 19.2 Å². The van der Waals surface area contributed by atoms with Gasteiger partial charge in [0.1, 0.15) is 22.8 Å². The van der Waals surface area contributed by atoms with Crippen LogP contribution in [0, 0.1) is 0 Å². The van der Waals surface area contributed by atoms with Crippen molar-refractivity contribution in [2.45, 2.75) is 69.6 Å². The number of nitrogens with two attached hydrogens (primary N) is 1. The fourth-order valence-electron chi connectivity index (χ4n) is 4.54. The number of aromatic nitrogens is 3. The topological polar surface area (TPSA) is 184 Å². The Kier molecular flexibility index (Phi) is 10.6. The molecule has 3 aromatic rings. The fourth-order valence-corrected chi connectivity index (χ4v) is 5.39. The van der Waals surface area contributed by atoms with Gasteiger partial charge in [-0.25, -0.2) is 9.97 Å². The third-order valence-electron chi connectivity index (χ3n) is 6.86. The van der Waals surface area contributed by atoms with E-state index in [1.165, 1.54) is 17.7 Å². The van der Waals surface area contributed by atoms with Crippen molar-refractivity contribution in [1.82, 2.24) is 36.2 Å². The first-order valence-electron chi connectivity index (χ1n) is 13.8. The van der Waals surface area contributed by atoms with Crippen molar-refractivity contribution in [3.63, 3.8) is 0 Å². The van der Waals surface area contributed by atoms with Crippen molar-refractivity contribution in [1.29, 1.82) is 0 Å². The van der Waals surface area contributed by atoms with Crippen LogP contribution < -0.4 is 27.0 Å². The lowest BCUT2D eigenvalue weighted by atomic mass is 10.0. The number of fused-ring (bicyclic) bond motifs is 2. The second kappa shape index (κ2) is 14.5. The maximum absolute atomic E-state index is 13.4. The molecule has 4 atom stereocenters. The van der Waals surface area contributed by atoms with E-state index in [2.05, 4.69) is 36.2 Å². The summed E-state index contributed by atoms with van der Waals surface area (Å²) in [4.78, 5) is 63.8. The van der Waals surface area contributed by atoms with Crippen LogP contribution in [0.1, 0.15) is 65.4 Å². The Balaban J connectivity index is 1.52. The molecule has 0 radical (unpaired) electrons. The van der Waals surface area contributed by atoms with Gasteiger partial charge in [0.2, 0.25) is 17.7 Å². The van der Waals surface area contributed by atoms with E-state index in [1.807, 2.05) is 30.3 Å². The summed E-state index contributed by atoms with van der Waals surface area (Å²) in [5, 5.41) is 13.7. The highest BCUT2D eigenvalue weighted by molar-refractivity contribution is 7.09. The van der Waals surface area contributed by atoms with Crippen LogP contribution in [-0.4, -0.2) is 63.3 Å². The summed E-state index contributed by atoms with van der Waals surface area (Å²) < 4.78 is 0. The molecule has 12 nitrogen and oxygen atoms in total. The SMILES string of the molecule is CC[C@H]1NC(=O)[C@@H](NC(=O)[C@@H](N)Cc2cnc[nH]2)CCCCNC(=O)c2csc(n2)[C@H](Cc2ccccc2)NC1=O. The van der Waals surface area contributed by atoms with Crippen molar-refractivity contribution < 1.29 is 19.2 Å². The zero-order valence-corrected chi connectivity index (χ0v) is 23.7. The quantitative estimate of drug-likeness (QED) is 0.242. The van der Waals surface area contributed by atoms with E-state index < -0.39 is 36.0 Å². The van der Waals surface area contributed by atoms with Gasteiger partial charge in [-0.05, 0) is 37.7 Å². The predicted octanol–water partition coefficient (Wildman–Crippen LogP) is 1.13. The second-order valence-corrected chi connectivity index (χ2v) is 10.9. The lowest BCUT2D eigenvalue weighted by molar-refractivity contribution is -0.132. The third-order valence-corrected chi connectivity index (χ3v) is 7.82. The molecule has 41 heavy (non-hydrogen) atoms. The van der Waals surface area contributed by atoms with Gasteiger partial charge in [-0.1, -0.05) is 37.3 Å². The Morgan fingerprint density at radius 2 is 1.90 bits per heavy atom. The molecule has 7 N–H and O–H groups in total. The molecule has 1 aliphatic rings. The van der Waals surface area contributed by atoms with Gasteiger partial charge in [-0.15, -0.1) is 11.3 Å². The number of carbonyl (C=O) groups excluding carboxylic acids is 4. The number of H-pyrrole nitrogens is 1. The lowest BCUT2D eigenvalue weighted by Crippen LogP contribution is -2.56. The van der Waals surface area contributed by atoms with Crippen LogP contribution >= 0.6 is 11.3 Å². The van der Waals surface area contributed by atoms with Gasteiger partial charge in [0.05, 0.1) is 18.4 Å². The number of nitrogens with one attached hydrogen (secondary N) is 5. The van der Waals surface area contributed by atoms with Gasteiger partial charge >= 0.3 is 0 Å². The highest BCUT2D eigenvalue weighted by Gasteiger charge is 2.29. The van der Waals surface area contributed by atoms with Gasteiger partial charge in [0.25, 0.3) is 5.91 Å². The van der Waals surface area contributed by atoms with Crippen molar-refractivity contribution in [2.24, 2.45) is 5.73 Å². The van der Waals surface area contributed by atoms with E-state index >= 15 is 0 Å². The van der Waals surface area contributed by atoms with Crippen LogP contribution in [-0.2, 0) is 27.2 Å². The standard InChI is InChI=1S/C28H36N8O4S/c1-2-20-26(39)35-22(12-17-8-4-3-5-9-17)28-36-23(15-41-28)25(38)31-11-7-6-10-21(27(40)33-20)34-24(37)19(29)13-18-14-30-16-32-18/h3-5,8-9,14-16,19-22H,2,6-7,10-13,29H2,1H3,(H,30,32)(H,31,38)(H,33,40)(H,34,37)(H,35,39)/t19-,20+,21-,22-/m0/s1. The number of hydrogen-bond acceptors (Lipinski definition) is 8. The number of nitrogens with zero attached hydrogens (tertiary/aromatic N) is 2. The third kappa shape index (κ3) is 8.44. The number of rotatable bonds is 7. The summed E-state index contributed by atoms with van der Waals surface area (Å²) in [6.07, 6.45) is 5.53. The Hall–Kier alpha value is -4.10. The smallest absolute Gasteiger partial charge is 0.270 e. The summed E-state index contributed by atoms with van der Waals surface area (Å²) in [7, 11) is 0. The Morgan fingerprint density at radius 1 is 1.12 bits per heavy atom. The average Bonchev–Trinajstić information content (AvgIpc) is 3.67. The number of benzene rings is 1. The van der Waals surface area contributed by atoms with Crippen LogP contribution in [0.25, 0.3) is 0 Å². The minimum absolute atomic E-state index is 0.229. The van der Waals surface area contributed by atoms with E-state index in [0.29, 0.717) is 55.0 Å². The maximum atomic E-state index is 13.4. The highest BCUT2D eigenvalue weighted by Crippen LogP contribution is 2.23. The number of imidazole rings is 1. The molecule has 4 rings (SSSR count). The van der Waals surface area contributed by atoms with E-state index in [1.54, 1.807) is 18.5 Å². The molecular weight excluding hydrogens is 544 g/mol. The van der Waals surface area contributed by atoms with E-state index in [0.717, 1.165) is 5.56 Å². The fraction of sp³-hybridized carbons (Fsp3) is 0.429. The van der Waals surface area contributed by atoms with E-state index in [9.17, 15) is 19.2 Å². The molecule has 0 saturated heterocycles. The predicted molar refractivity (Wildman–Crippen MR) is 154 cm³/mol. The van der Waals surface area contributed by atoms with Crippen LogP contribution in [0.3, 0.4) is 0 Å². The summed E-state index contributed by atoms with van der Waals surface area (Å²) in [5.41, 5.74) is 8.07. The largest absolute Gasteiger partial charge is 0.351 e. The van der Waals surface area contributed by atoms with Crippen molar-refractivity contribution in [3.8, 4) is 0 Å². The minimum Gasteiger partial charge on any atom is -0.351 e. The summed E-state index contributed by atoms with van der Waals surface area (Å²) in [5.74, 6) is -1.64. The van der Waals surface area contributed by atoms with Crippen LogP contribution in [0.2, 0.25) is 0 Å². The normalized spacial score (nSPS) is 21.3. The Labute approximate surface area is 242 Å². The average molecular weight is 581 g/mol. The Morgan fingerprint density at radius 3 is 2.63 bits per heavy atom. The number of aromatic amines is 1. The first-order valence-corrected chi connectivity index (χ1v) is 14.6. The molecule has 1 aliphatic heterocycles. The molecular formula is C28H36N8O4S. The summed E-state index contributed by atoms with van der Waals surface area (Å²) in [6.45, 7) is 2.18. The minimum atomic E-state index is -0.903. The molecule has 2 aromatic heterocycles. The monoisotopic (exact) mass is 580 g/mol. The van der Waals surface area contributed by atoms with Crippen molar-refractivity contribution in [3.05, 3.63) is 70.2 Å². The number of amides is 4. The van der Waals surface area contributed by atoms with E-state index in [4.69, 9.17) is 5.73 Å². The molecule has 1 aromatic carbocycles. The molecule has 218 valence electrons. The maximum Gasteiger partial charge on any atom is 0.270 e. The van der Waals surface area contributed by atoms with Crippen LogP contribution in [0.4, 0.5) is 0 Å². The van der Waals surface area contributed by atoms with Crippen molar-refractivity contribution in [2.75, 3.05) is 6.54 Å². The van der Waals surface area contributed by atoms with Gasteiger partial charge < -0.3 is 32.0 Å². The zero-order chi connectivity index (χ0) is 29.2. The molecule has 4 amide bonds. The molecule has 13 heteroatoms. The summed E-state index contributed by atoms with van der Waals surface area (Å²) in [6, 6.07) is 6.50. The van der Waals surface area contributed by atoms with Crippen LogP contribution in [0.5, 0.6) is 0 Å². The molecule has 0 spiro atoms. The first kappa shape index (κ1) is 29.9. The first-order chi connectivity index (χ1) is 19.8. The molecule has 3 heterocycles. The molecule has 0 saturated carbocycles. The Bertz CT molecular complexity index is 1310. The van der Waals surface area contributed by atoms with Crippen LogP contribution in [0.15, 0.2) is 48.2 Å². The van der Waals surface area contributed by atoms with E-state index in [-0.39, 0.29) is 18.2 Å². The van der Waals surface area contributed by atoms with Gasteiger partial charge in [0, 0.05) is 30.2 Å². The molecule has 0 fully saturated rings. The molecule has 2 bridgehead atoms. The lowest BCUT2D eigenvalue weighted by Gasteiger charge is -2.25. The second-order valence-electron chi connectivity index (χ2n) is 9.99. The van der Waals surface area contributed by atoms with Gasteiger partial charge in [0.15, 0.2) is 0 Å². The zero-order valence-electron chi connectivity index (χ0n) is 22.9. The number of hydrogen-bond donors (Lipinski definition) is 6. The summed E-state index contributed by atoms with van der Waals surface area (Å²) >= 11 is 1.30. The highest BCUT2D eigenvalue weighted by atomic mass is 32.1. The molecule has 0 unspecified atom stereocenters. The number of thiazole rings is 1. The van der Waals surface area contributed by atoms with Gasteiger partial charge in [-0.2, -0.15) is 0 Å².